The third-order valence-electron chi connectivity index (χ3n) is 6.98. The van der Waals surface area contributed by atoms with Crippen molar-refractivity contribution >= 4 is 11.6 Å². The summed E-state index contributed by atoms with van der Waals surface area (Å²) in [4.78, 5) is 20.2. The minimum atomic E-state index is -2.74. The number of hydrogen-bond acceptors (Lipinski definition) is 3. The standard InChI is InChI=1S/C25H28F2N4O/c1-15-5-7-16(8-6-15)19-9-20(21(26)27)31-22(29-19)18(12-28-31)23(32)30-14-25(4)11-17(30)10-24(2,3)13-25/h5-9,12,17,21H,10-11,13-14H2,1-4H3/t17-,25+/m1/s1. The summed E-state index contributed by atoms with van der Waals surface area (Å²) in [6, 6.07) is 9.05. The molecule has 2 aliphatic rings. The SMILES string of the molecule is Cc1ccc(-c2cc(C(F)F)n3ncc(C(=O)N4C[C@@]5(C)C[C@H]4CC(C)(C)C5)c3n2)cc1. The highest BCUT2D eigenvalue weighted by molar-refractivity contribution is 6.00. The van der Waals surface area contributed by atoms with Crippen LogP contribution in [0.3, 0.4) is 0 Å². The molecule has 0 N–H and O–H groups in total. The molecule has 32 heavy (non-hydrogen) atoms. The molecule has 1 saturated carbocycles. The average Bonchev–Trinajstić information content (AvgIpc) is 3.24. The van der Waals surface area contributed by atoms with E-state index in [1.54, 1.807) is 0 Å². The van der Waals surface area contributed by atoms with Gasteiger partial charge in [-0.05, 0) is 43.1 Å². The van der Waals surface area contributed by atoms with E-state index in [0.717, 1.165) is 34.9 Å². The van der Waals surface area contributed by atoms with Crippen LogP contribution < -0.4 is 0 Å². The molecule has 0 radical (unpaired) electrons. The fourth-order valence-corrected chi connectivity index (χ4v) is 6.02. The van der Waals surface area contributed by atoms with Crippen LogP contribution in [0.4, 0.5) is 8.78 Å². The third kappa shape index (κ3) is 3.48. The summed E-state index contributed by atoms with van der Waals surface area (Å²) in [6.45, 7) is 9.40. The molecule has 3 aromatic rings. The molecule has 2 aromatic heterocycles. The summed E-state index contributed by atoms with van der Waals surface area (Å²) >= 11 is 0. The van der Waals surface area contributed by atoms with Crippen LogP contribution in [0.5, 0.6) is 0 Å². The first-order chi connectivity index (χ1) is 15.1. The van der Waals surface area contributed by atoms with E-state index in [1.165, 1.54) is 12.3 Å². The molecule has 5 nitrogen and oxygen atoms in total. The van der Waals surface area contributed by atoms with Crippen molar-refractivity contribution in [2.45, 2.75) is 59.4 Å². The fourth-order valence-electron chi connectivity index (χ4n) is 6.02. The van der Waals surface area contributed by atoms with Crippen LogP contribution in [0.2, 0.25) is 0 Å². The maximum absolute atomic E-state index is 13.9. The number of carbonyl (C=O) groups excluding carboxylic acids is 1. The number of likely N-dealkylation sites (tertiary alicyclic amines) is 1. The second kappa shape index (κ2) is 7.09. The van der Waals surface area contributed by atoms with Gasteiger partial charge in [-0.15, -0.1) is 0 Å². The lowest BCUT2D eigenvalue weighted by Crippen LogP contribution is -2.37. The van der Waals surface area contributed by atoms with Crippen molar-refractivity contribution in [3.63, 3.8) is 0 Å². The predicted molar refractivity (Wildman–Crippen MR) is 119 cm³/mol. The predicted octanol–water partition coefficient (Wildman–Crippen LogP) is 5.68. The molecule has 3 heterocycles. The zero-order chi connectivity index (χ0) is 22.8. The number of fused-ring (bicyclic) bond motifs is 3. The molecule has 1 aliphatic heterocycles. The van der Waals surface area contributed by atoms with Gasteiger partial charge in [-0.3, -0.25) is 4.79 Å². The van der Waals surface area contributed by atoms with Crippen LogP contribution in [0.1, 0.15) is 68.1 Å². The number of halogens is 2. The summed E-state index contributed by atoms with van der Waals surface area (Å²) < 4.78 is 28.9. The van der Waals surface area contributed by atoms with Crippen LogP contribution in [0, 0.1) is 17.8 Å². The van der Waals surface area contributed by atoms with E-state index in [2.05, 4.69) is 30.9 Å². The highest BCUT2D eigenvalue weighted by atomic mass is 19.3. The van der Waals surface area contributed by atoms with E-state index in [1.807, 2.05) is 36.1 Å². The highest BCUT2D eigenvalue weighted by Gasteiger charge is 2.51. The molecule has 7 heteroatoms. The molecule has 1 saturated heterocycles. The van der Waals surface area contributed by atoms with Crippen LogP contribution in [-0.4, -0.2) is 38.0 Å². The maximum atomic E-state index is 13.9. The van der Waals surface area contributed by atoms with Gasteiger partial charge < -0.3 is 4.90 Å². The van der Waals surface area contributed by atoms with Gasteiger partial charge in [-0.2, -0.15) is 5.10 Å². The van der Waals surface area contributed by atoms with Gasteiger partial charge in [0, 0.05) is 18.2 Å². The summed E-state index contributed by atoms with van der Waals surface area (Å²) in [7, 11) is 0. The molecule has 2 atom stereocenters. The topological polar surface area (TPSA) is 50.5 Å². The van der Waals surface area contributed by atoms with E-state index in [-0.39, 0.29) is 39.7 Å². The number of amides is 1. The largest absolute Gasteiger partial charge is 0.335 e. The Morgan fingerprint density at radius 2 is 1.88 bits per heavy atom. The van der Waals surface area contributed by atoms with Crippen molar-refractivity contribution in [3.8, 4) is 11.3 Å². The number of benzene rings is 1. The second-order valence-corrected chi connectivity index (χ2v) is 10.7. The van der Waals surface area contributed by atoms with E-state index in [0.29, 0.717) is 12.2 Å². The van der Waals surface area contributed by atoms with Crippen molar-refractivity contribution in [2.75, 3.05) is 6.54 Å². The number of alkyl halides is 2. The Morgan fingerprint density at radius 1 is 1.16 bits per heavy atom. The number of nitrogens with zero attached hydrogens (tertiary/aromatic N) is 4. The second-order valence-electron chi connectivity index (χ2n) is 10.7. The summed E-state index contributed by atoms with van der Waals surface area (Å²) in [5, 5.41) is 4.14. The number of rotatable bonds is 3. The van der Waals surface area contributed by atoms with Gasteiger partial charge in [0.1, 0.15) is 11.3 Å². The molecular formula is C25H28F2N4O. The van der Waals surface area contributed by atoms with E-state index < -0.39 is 6.43 Å². The summed E-state index contributed by atoms with van der Waals surface area (Å²) in [6.07, 6.45) is 1.65. The van der Waals surface area contributed by atoms with Crippen LogP contribution >= 0.6 is 0 Å². The number of carbonyl (C=O) groups is 1. The number of hydrogen-bond donors (Lipinski definition) is 0. The molecular weight excluding hydrogens is 410 g/mol. The van der Waals surface area contributed by atoms with Crippen molar-refractivity contribution < 1.29 is 13.6 Å². The lowest BCUT2D eigenvalue weighted by Gasteiger charge is -2.39. The Kier molecular flexibility index (Phi) is 4.66. The smallest absolute Gasteiger partial charge is 0.280 e. The Bertz CT molecular complexity index is 1200. The van der Waals surface area contributed by atoms with E-state index in [9.17, 15) is 13.6 Å². The quantitative estimate of drug-likeness (QED) is 0.528. The average molecular weight is 439 g/mol. The highest BCUT2D eigenvalue weighted by Crippen LogP contribution is 2.52. The fraction of sp³-hybridized carbons (Fsp3) is 0.480. The van der Waals surface area contributed by atoms with E-state index >= 15 is 0 Å². The van der Waals surface area contributed by atoms with Gasteiger partial charge in [0.15, 0.2) is 5.65 Å². The van der Waals surface area contributed by atoms with Gasteiger partial charge >= 0.3 is 0 Å². The Balaban J connectivity index is 1.59. The summed E-state index contributed by atoms with van der Waals surface area (Å²) in [5.74, 6) is -0.166. The molecule has 5 rings (SSSR count). The first-order valence-electron chi connectivity index (χ1n) is 11.1. The van der Waals surface area contributed by atoms with Gasteiger partial charge in [0.25, 0.3) is 12.3 Å². The van der Waals surface area contributed by atoms with Crippen LogP contribution in [0.15, 0.2) is 36.5 Å². The molecule has 2 fully saturated rings. The molecule has 1 amide bonds. The number of aryl methyl sites for hydroxylation is 1. The zero-order valence-corrected chi connectivity index (χ0v) is 18.9. The Morgan fingerprint density at radius 3 is 2.56 bits per heavy atom. The molecule has 168 valence electrons. The molecule has 1 aliphatic carbocycles. The van der Waals surface area contributed by atoms with E-state index in [4.69, 9.17) is 0 Å². The normalized spacial score (nSPS) is 24.5. The van der Waals surface area contributed by atoms with Crippen LogP contribution in [0.25, 0.3) is 16.9 Å². The Labute approximate surface area is 186 Å². The first-order valence-corrected chi connectivity index (χ1v) is 11.1. The first kappa shape index (κ1) is 21.0. The van der Waals surface area contributed by atoms with Crippen molar-refractivity contribution in [2.24, 2.45) is 10.8 Å². The molecule has 0 spiro atoms. The third-order valence-corrected chi connectivity index (χ3v) is 6.98. The molecule has 2 bridgehead atoms. The maximum Gasteiger partial charge on any atom is 0.280 e. The Hall–Kier alpha value is -2.83. The molecule has 1 aromatic carbocycles. The van der Waals surface area contributed by atoms with Crippen molar-refractivity contribution in [3.05, 3.63) is 53.3 Å². The minimum absolute atomic E-state index is 0.0830. The number of aromatic nitrogens is 3. The zero-order valence-electron chi connectivity index (χ0n) is 18.9. The monoisotopic (exact) mass is 438 g/mol. The van der Waals surface area contributed by atoms with Gasteiger partial charge in [0.05, 0.1) is 11.9 Å². The van der Waals surface area contributed by atoms with Gasteiger partial charge in [-0.1, -0.05) is 50.6 Å². The molecule has 0 unspecified atom stereocenters. The minimum Gasteiger partial charge on any atom is -0.335 e. The summed E-state index contributed by atoms with van der Waals surface area (Å²) in [5.41, 5.74) is 2.68. The van der Waals surface area contributed by atoms with Gasteiger partial charge in [-0.25, -0.2) is 18.3 Å². The van der Waals surface area contributed by atoms with Crippen molar-refractivity contribution in [1.82, 2.24) is 19.5 Å². The van der Waals surface area contributed by atoms with Crippen molar-refractivity contribution in [1.29, 1.82) is 0 Å². The van der Waals surface area contributed by atoms with Crippen LogP contribution in [-0.2, 0) is 0 Å². The lowest BCUT2D eigenvalue weighted by molar-refractivity contribution is 0.0709. The lowest BCUT2D eigenvalue weighted by atomic mass is 9.65. The van der Waals surface area contributed by atoms with Gasteiger partial charge in [0.2, 0.25) is 0 Å².